The van der Waals surface area contributed by atoms with Gasteiger partial charge in [0.25, 0.3) is 0 Å². The van der Waals surface area contributed by atoms with Gasteiger partial charge in [0.1, 0.15) is 5.82 Å². The average Bonchev–Trinajstić information content (AvgIpc) is 2.51. The van der Waals surface area contributed by atoms with Gasteiger partial charge in [-0.1, -0.05) is 12.1 Å². The highest BCUT2D eigenvalue weighted by molar-refractivity contribution is 7.13. The molecular weight excluding hydrogens is 199 g/mol. The lowest BCUT2D eigenvalue weighted by Crippen LogP contribution is -1.90. The molecule has 1 aromatic carbocycles. The molecule has 0 spiro atoms. The van der Waals surface area contributed by atoms with Gasteiger partial charge in [-0.15, -0.1) is 11.3 Å². The van der Waals surface area contributed by atoms with Gasteiger partial charge in [-0.25, -0.2) is 9.37 Å². The van der Waals surface area contributed by atoms with E-state index in [1.807, 2.05) is 11.4 Å². The molecule has 72 valence electrons. The van der Waals surface area contributed by atoms with Crippen molar-refractivity contribution in [1.82, 2.24) is 4.98 Å². The smallest absolute Gasteiger partial charge is 0.180 e. The summed E-state index contributed by atoms with van der Waals surface area (Å²) in [5, 5.41) is 2.44. The molecule has 2 aromatic rings. The summed E-state index contributed by atoms with van der Waals surface area (Å²) < 4.78 is 12.8. The van der Waals surface area contributed by atoms with E-state index >= 15 is 0 Å². The second-order valence-corrected chi connectivity index (χ2v) is 3.87. The molecule has 0 amide bonds. The molecule has 0 aliphatic rings. The Balaban J connectivity index is 2.18. The van der Waals surface area contributed by atoms with Crippen LogP contribution in [0.4, 0.5) is 9.52 Å². The van der Waals surface area contributed by atoms with Crippen molar-refractivity contribution in [2.45, 2.75) is 6.42 Å². The van der Waals surface area contributed by atoms with Gasteiger partial charge in [0.05, 0.1) is 5.69 Å². The molecule has 0 aliphatic carbocycles. The van der Waals surface area contributed by atoms with Crippen molar-refractivity contribution >= 4 is 16.5 Å². The number of hydrogen-bond donors (Lipinski definition) is 1. The number of aromatic nitrogens is 1. The first-order chi connectivity index (χ1) is 6.74. The third kappa shape index (κ3) is 2.09. The first-order valence-corrected chi connectivity index (χ1v) is 5.06. The molecule has 0 bridgehead atoms. The molecule has 2 nitrogen and oxygen atoms in total. The highest BCUT2D eigenvalue weighted by atomic mass is 32.1. The fourth-order valence-corrected chi connectivity index (χ4v) is 1.82. The van der Waals surface area contributed by atoms with Crippen LogP contribution < -0.4 is 5.73 Å². The van der Waals surface area contributed by atoms with Crippen molar-refractivity contribution in [2.75, 3.05) is 5.73 Å². The lowest BCUT2D eigenvalue weighted by atomic mass is 10.1. The van der Waals surface area contributed by atoms with Crippen molar-refractivity contribution in [1.29, 1.82) is 0 Å². The summed E-state index contributed by atoms with van der Waals surface area (Å²) in [5.41, 5.74) is 7.29. The summed E-state index contributed by atoms with van der Waals surface area (Å²) in [7, 11) is 0. The van der Waals surface area contributed by atoms with E-state index < -0.39 is 0 Å². The molecule has 4 heteroatoms. The fourth-order valence-electron chi connectivity index (χ4n) is 1.26. The molecule has 0 aliphatic heterocycles. The molecule has 0 radical (unpaired) electrons. The maximum absolute atomic E-state index is 12.8. The van der Waals surface area contributed by atoms with Crippen LogP contribution in [0.1, 0.15) is 11.3 Å². The van der Waals surface area contributed by atoms with E-state index in [1.165, 1.54) is 23.5 Å². The van der Waals surface area contributed by atoms with Crippen LogP contribution in [0.2, 0.25) is 0 Å². The molecule has 0 saturated carbocycles. The molecule has 2 rings (SSSR count). The maximum atomic E-state index is 12.8. The van der Waals surface area contributed by atoms with E-state index in [0.717, 1.165) is 11.3 Å². The molecular formula is C10H9FN2S. The van der Waals surface area contributed by atoms with Crippen LogP contribution in [-0.2, 0) is 6.42 Å². The number of hydrogen-bond acceptors (Lipinski definition) is 3. The summed E-state index contributed by atoms with van der Waals surface area (Å²) >= 11 is 1.40. The standard InChI is InChI=1S/C10H9FN2S/c11-8-3-1-2-7(4-8)5-9-6-14-10(12)13-9/h1-4,6H,5H2,(H2,12,13). The number of nitrogen functional groups attached to an aromatic ring is 1. The van der Waals surface area contributed by atoms with E-state index in [9.17, 15) is 4.39 Å². The minimum absolute atomic E-state index is 0.217. The average molecular weight is 208 g/mol. The highest BCUT2D eigenvalue weighted by Crippen LogP contribution is 2.15. The molecule has 2 N–H and O–H groups in total. The molecule has 1 aromatic heterocycles. The minimum atomic E-state index is -0.217. The van der Waals surface area contributed by atoms with Crippen LogP contribution in [0.25, 0.3) is 0 Å². The summed E-state index contributed by atoms with van der Waals surface area (Å²) in [6.07, 6.45) is 0.630. The van der Waals surface area contributed by atoms with Crippen LogP contribution in [-0.4, -0.2) is 4.98 Å². The number of anilines is 1. The largest absolute Gasteiger partial charge is 0.375 e. The Kier molecular flexibility index (Phi) is 2.45. The van der Waals surface area contributed by atoms with Gasteiger partial charge in [0.2, 0.25) is 0 Å². The molecule has 0 fully saturated rings. The van der Waals surface area contributed by atoms with Crippen molar-refractivity contribution in [2.24, 2.45) is 0 Å². The van der Waals surface area contributed by atoms with Crippen LogP contribution >= 0.6 is 11.3 Å². The Hall–Kier alpha value is -1.42. The second-order valence-electron chi connectivity index (χ2n) is 2.98. The van der Waals surface area contributed by atoms with E-state index in [0.29, 0.717) is 11.6 Å². The van der Waals surface area contributed by atoms with Crippen molar-refractivity contribution in [3.63, 3.8) is 0 Å². The summed E-state index contributed by atoms with van der Waals surface area (Å²) in [5.74, 6) is -0.217. The summed E-state index contributed by atoms with van der Waals surface area (Å²) in [6.45, 7) is 0. The number of thiazole rings is 1. The highest BCUT2D eigenvalue weighted by Gasteiger charge is 2.01. The third-order valence-electron chi connectivity index (χ3n) is 1.84. The number of benzene rings is 1. The molecule has 14 heavy (non-hydrogen) atoms. The predicted molar refractivity (Wildman–Crippen MR) is 55.7 cm³/mol. The Morgan fingerprint density at radius 2 is 2.29 bits per heavy atom. The van der Waals surface area contributed by atoms with E-state index in [2.05, 4.69) is 4.98 Å². The van der Waals surface area contributed by atoms with Crippen LogP contribution in [0, 0.1) is 5.82 Å². The SMILES string of the molecule is Nc1nc(Cc2cccc(F)c2)cs1. The lowest BCUT2D eigenvalue weighted by molar-refractivity contribution is 0.626. The quantitative estimate of drug-likeness (QED) is 0.823. The summed E-state index contributed by atoms with van der Waals surface area (Å²) in [6, 6.07) is 6.51. The maximum Gasteiger partial charge on any atom is 0.180 e. The molecule has 0 unspecified atom stereocenters. The normalized spacial score (nSPS) is 10.4. The number of rotatable bonds is 2. The Morgan fingerprint density at radius 1 is 1.43 bits per heavy atom. The summed E-state index contributed by atoms with van der Waals surface area (Å²) in [4.78, 5) is 4.11. The monoisotopic (exact) mass is 208 g/mol. The fraction of sp³-hybridized carbons (Fsp3) is 0.100. The lowest BCUT2D eigenvalue weighted by Gasteiger charge is -1.97. The van der Waals surface area contributed by atoms with E-state index in [-0.39, 0.29) is 5.82 Å². The van der Waals surface area contributed by atoms with Gasteiger partial charge in [-0.2, -0.15) is 0 Å². The number of nitrogens with two attached hydrogens (primary N) is 1. The van der Waals surface area contributed by atoms with E-state index in [1.54, 1.807) is 6.07 Å². The zero-order valence-corrected chi connectivity index (χ0v) is 8.22. The first kappa shape index (κ1) is 9.15. The number of halogens is 1. The Morgan fingerprint density at radius 3 is 2.93 bits per heavy atom. The zero-order chi connectivity index (χ0) is 9.97. The van der Waals surface area contributed by atoms with Gasteiger partial charge in [-0.05, 0) is 17.7 Å². The third-order valence-corrected chi connectivity index (χ3v) is 2.57. The van der Waals surface area contributed by atoms with Crippen LogP contribution in [0.15, 0.2) is 29.6 Å². The molecule has 0 saturated heterocycles. The second kappa shape index (κ2) is 3.75. The van der Waals surface area contributed by atoms with Crippen molar-refractivity contribution in [3.05, 3.63) is 46.7 Å². The van der Waals surface area contributed by atoms with Crippen LogP contribution in [0.5, 0.6) is 0 Å². The van der Waals surface area contributed by atoms with Crippen LogP contribution in [0.3, 0.4) is 0 Å². The zero-order valence-electron chi connectivity index (χ0n) is 7.40. The Bertz CT molecular complexity index is 439. The van der Waals surface area contributed by atoms with Gasteiger partial charge in [0, 0.05) is 11.8 Å². The predicted octanol–water partition coefficient (Wildman–Crippen LogP) is 2.46. The topological polar surface area (TPSA) is 38.9 Å². The van der Waals surface area contributed by atoms with Gasteiger partial charge in [-0.3, -0.25) is 0 Å². The molecule has 0 atom stereocenters. The number of nitrogens with zero attached hydrogens (tertiary/aromatic N) is 1. The molecule has 1 heterocycles. The van der Waals surface area contributed by atoms with Gasteiger partial charge >= 0.3 is 0 Å². The first-order valence-electron chi connectivity index (χ1n) is 4.18. The van der Waals surface area contributed by atoms with E-state index in [4.69, 9.17) is 5.73 Å². The minimum Gasteiger partial charge on any atom is -0.375 e. The Labute approximate surface area is 85.2 Å². The van der Waals surface area contributed by atoms with Gasteiger partial charge in [0.15, 0.2) is 5.13 Å². The van der Waals surface area contributed by atoms with Gasteiger partial charge < -0.3 is 5.73 Å². The van der Waals surface area contributed by atoms with Crippen molar-refractivity contribution < 1.29 is 4.39 Å². The van der Waals surface area contributed by atoms with Crippen molar-refractivity contribution in [3.8, 4) is 0 Å².